The average Bonchev–Trinajstić information content (AvgIpc) is 4.08. The van der Waals surface area contributed by atoms with Crippen LogP contribution >= 0.6 is 0 Å². The highest BCUT2D eigenvalue weighted by atomic mass is 16.8. The summed E-state index contributed by atoms with van der Waals surface area (Å²) in [5, 5.41) is 14.8. The number of aliphatic hydroxyl groups is 1. The molecule has 0 aromatic heterocycles. The molecule has 4 heterocycles. The third-order valence-electron chi connectivity index (χ3n) is 12.1. The Balaban J connectivity index is 1.02. The van der Waals surface area contributed by atoms with Crippen molar-refractivity contribution in [3.63, 3.8) is 0 Å². The van der Waals surface area contributed by atoms with E-state index >= 15 is 0 Å². The van der Waals surface area contributed by atoms with Gasteiger partial charge in [0.25, 0.3) is 0 Å². The van der Waals surface area contributed by atoms with E-state index in [4.69, 9.17) is 33.3 Å². The minimum absolute atomic E-state index is 0.0252. The van der Waals surface area contributed by atoms with Gasteiger partial charge in [-0.3, -0.25) is 19.2 Å². The standard InChI is InChI=1S/C41H52N2O13/c1-38(2,3)53-29(46)17-15-26(20-44)42-37(49)40-18-27-30-31(55-41(54-30,24-11-12-24)25-13-14-25)33(40)56-43(32(40)35(47)51-27)19-23-8-6-22(7-9-23)10-16-28(45)52-34-36(48)50-21-39(34,4)5/h6-10,16,24-27,30-34,44H,11-15,17-21H2,1-5H3,(H,42,49). The summed E-state index contributed by atoms with van der Waals surface area (Å²) in [5.74, 6) is -3.15. The van der Waals surface area contributed by atoms with E-state index < -0.39 is 101 Å². The molecular formula is C41H52N2O13. The largest absolute Gasteiger partial charge is 0.462 e. The molecule has 8 rings (SSSR count). The minimum atomic E-state index is -1.45. The van der Waals surface area contributed by atoms with Crippen LogP contribution in [0.5, 0.6) is 0 Å². The normalized spacial score (nSPS) is 33.4. The van der Waals surface area contributed by atoms with Gasteiger partial charge in [-0.2, -0.15) is 5.06 Å². The highest BCUT2D eigenvalue weighted by Gasteiger charge is 2.78. The summed E-state index contributed by atoms with van der Waals surface area (Å²) in [5.41, 5.74) is -1.32. The van der Waals surface area contributed by atoms with Gasteiger partial charge in [0.1, 0.15) is 42.0 Å². The number of amides is 1. The van der Waals surface area contributed by atoms with E-state index in [1.165, 1.54) is 11.1 Å². The van der Waals surface area contributed by atoms with Crippen LogP contribution in [-0.4, -0.2) is 107 Å². The molecule has 8 atom stereocenters. The van der Waals surface area contributed by atoms with E-state index in [1.54, 1.807) is 52.8 Å². The molecule has 2 N–H and O–H groups in total. The van der Waals surface area contributed by atoms with Crippen LogP contribution in [0.1, 0.15) is 90.7 Å². The number of esters is 4. The molecule has 4 saturated heterocycles. The number of nitrogens with one attached hydrogen (secondary N) is 1. The predicted octanol–water partition coefficient (Wildman–Crippen LogP) is 2.89. The van der Waals surface area contributed by atoms with Gasteiger partial charge in [-0.05, 0) is 70.1 Å². The first kappa shape index (κ1) is 39.0. The van der Waals surface area contributed by atoms with Crippen LogP contribution in [-0.2, 0) is 63.8 Å². The number of rotatable bonds is 13. The quantitative estimate of drug-likeness (QED) is 0.169. The van der Waals surface area contributed by atoms with Crippen molar-refractivity contribution in [2.24, 2.45) is 22.7 Å². The number of fused-ring (bicyclic) bond motifs is 4. The Kier molecular flexibility index (Phi) is 9.87. The number of benzene rings is 1. The van der Waals surface area contributed by atoms with Crippen LogP contribution in [0, 0.1) is 22.7 Å². The van der Waals surface area contributed by atoms with Gasteiger partial charge in [-0.25, -0.2) is 9.59 Å². The van der Waals surface area contributed by atoms with Crippen molar-refractivity contribution < 1.29 is 62.3 Å². The molecule has 2 bridgehead atoms. The molecule has 304 valence electrons. The molecule has 0 radical (unpaired) electrons. The lowest BCUT2D eigenvalue weighted by molar-refractivity contribution is -0.235. The molecule has 15 nitrogen and oxygen atoms in total. The molecule has 1 aromatic carbocycles. The molecule has 1 aromatic rings. The first-order chi connectivity index (χ1) is 26.5. The van der Waals surface area contributed by atoms with Gasteiger partial charge < -0.3 is 38.8 Å². The number of hydroxylamine groups is 2. The summed E-state index contributed by atoms with van der Waals surface area (Å²) < 4.78 is 35.7. The monoisotopic (exact) mass is 780 g/mol. The lowest BCUT2D eigenvalue weighted by Gasteiger charge is -2.49. The second-order valence-corrected chi connectivity index (χ2v) is 18.1. The molecule has 7 aliphatic rings. The van der Waals surface area contributed by atoms with Gasteiger partial charge in [0.05, 0.1) is 19.2 Å². The third-order valence-corrected chi connectivity index (χ3v) is 12.1. The van der Waals surface area contributed by atoms with Gasteiger partial charge >= 0.3 is 23.9 Å². The molecule has 56 heavy (non-hydrogen) atoms. The molecule has 3 aliphatic carbocycles. The number of hydrogen-bond acceptors (Lipinski definition) is 14. The third kappa shape index (κ3) is 7.14. The summed E-state index contributed by atoms with van der Waals surface area (Å²) in [6, 6.07) is 5.27. The number of hydrogen-bond donors (Lipinski definition) is 2. The van der Waals surface area contributed by atoms with Crippen LogP contribution < -0.4 is 5.32 Å². The van der Waals surface area contributed by atoms with Gasteiger partial charge in [0.2, 0.25) is 12.0 Å². The first-order valence-electron chi connectivity index (χ1n) is 19.8. The minimum Gasteiger partial charge on any atom is -0.462 e. The maximum absolute atomic E-state index is 14.7. The maximum atomic E-state index is 14.7. The van der Waals surface area contributed by atoms with Crippen molar-refractivity contribution in [2.75, 3.05) is 13.2 Å². The van der Waals surface area contributed by atoms with Crippen molar-refractivity contribution in [3.8, 4) is 0 Å². The number of nitrogens with zero attached hydrogens (tertiary/aromatic N) is 1. The summed E-state index contributed by atoms with van der Waals surface area (Å²) in [6.07, 6.45) is 3.01. The summed E-state index contributed by atoms with van der Waals surface area (Å²) >= 11 is 0. The van der Waals surface area contributed by atoms with Crippen molar-refractivity contribution >= 4 is 35.9 Å². The van der Waals surface area contributed by atoms with Gasteiger partial charge in [0.15, 0.2) is 11.8 Å². The van der Waals surface area contributed by atoms with Crippen LogP contribution in [0.15, 0.2) is 30.3 Å². The zero-order valence-electron chi connectivity index (χ0n) is 32.5. The molecule has 15 heteroatoms. The molecule has 1 amide bonds. The van der Waals surface area contributed by atoms with Gasteiger partial charge in [-0.15, -0.1) is 0 Å². The fraction of sp³-hybridized carbons (Fsp3) is 0.683. The average molecular weight is 781 g/mol. The summed E-state index contributed by atoms with van der Waals surface area (Å²) in [7, 11) is 0. The number of carbonyl (C=O) groups is 5. The van der Waals surface area contributed by atoms with Crippen molar-refractivity contribution in [1.82, 2.24) is 10.4 Å². The van der Waals surface area contributed by atoms with E-state index in [-0.39, 0.29) is 44.2 Å². The zero-order chi connectivity index (χ0) is 39.8. The number of ether oxygens (including phenoxy) is 6. The fourth-order valence-electron chi connectivity index (χ4n) is 9.05. The van der Waals surface area contributed by atoms with E-state index in [1.807, 2.05) is 12.1 Å². The molecule has 3 saturated carbocycles. The Morgan fingerprint density at radius 2 is 1.70 bits per heavy atom. The van der Waals surface area contributed by atoms with E-state index in [0.29, 0.717) is 5.56 Å². The van der Waals surface area contributed by atoms with E-state index in [2.05, 4.69) is 5.32 Å². The highest BCUT2D eigenvalue weighted by Crippen LogP contribution is 2.63. The molecule has 7 fully saturated rings. The smallest absolute Gasteiger partial charge is 0.348 e. The predicted molar refractivity (Wildman–Crippen MR) is 193 cm³/mol. The Bertz CT molecular complexity index is 1770. The van der Waals surface area contributed by atoms with Crippen molar-refractivity contribution in [1.29, 1.82) is 0 Å². The molecular weight excluding hydrogens is 728 g/mol. The fourth-order valence-corrected chi connectivity index (χ4v) is 9.05. The highest BCUT2D eigenvalue weighted by molar-refractivity contribution is 5.94. The second kappa shape index (κ2) is 14.2. The SMILES string of the molecule is CC(C)(C)OC(=O)CCC(CO)NC(=O)C12CC3OC(=O)C1N(Cc1ccc(C=CC(=O)OC4C(=O)OCC4(C)C)cc1)OC2C1OC(C2CC2)(C2CC2)OC31. The number of aliphatic hydroxyl groups excluding tert-OH is 1. The Morgan fingerprint density at radius 3 is 2.30 bits per heavy atom. The van der Waals surface area contributed by atoms with Crippen LogP contribution in [0.4, 0.5) is 0 Å². The van der Waals surface area contributed by atoms with Gasteiger partial charge in [-0.1, -0.05) is 38.1 Å². The zero-order valence-corrected chi connectivity index (χ0v) is 32.5. The number of carbonyl (C=O) groups excluding carboxylic acids is 5. The topological polar surface area (TPSA) is 185 Å². The molecule has 0 spiro atoms. The molecule has 8 unspecified atom stereocenters. The van der Waals surface area contributed by atoms with Crippen LogP contribution in [0.3, 0.4) is 0 Å². The summed E-state index contributed by atoms with van der Waals surface area (Å²) in [4.78, 5) is 72.6. The second-order valence-electron chi connectivity index (χ2n) is 18.1. The number of cyclic esters (lactones) is 1. The Morgan fingerprint density at radius 1 is 1.02 bits per heavy atom. The maximum Gasteiger partial charge on any atom is 0.348 e. The van der Waals surface area contributed by atoms with E-state index in [0.717, 1.165) is 31.2 Å². The van der Waals surface area contributed by atoms with Crippen LogP contribution in [0.2, 0.25) is 0 Å². The van der Waals surface area contributed by atoms with Crippen molar-refractivity contribution in [2.45, 2.75) is 140 Å². The van der Waals surface area contributed by atoms with E-state index in [9.17, 15) is 29.1 Å². The lowest BCUT2D eigenvalue weighted by Crippen LogP contribution is -2.70. The lowest BCUT2D eigenvalue weighted by atomic mass is 9.62. The van der Waals surface area contributed by atoms with Crippen molar-refractivity contribution in [3.05, 3.63) is 41.5 Å². The first-order valence-corrected chi connectivity index (χ1v) is 19.8. The Labute approximate surface area is 325 Å². The summed E-state index contributed by atoms with van der Waals surface area (Å²) in [6.45, 7) is 8.74. The van der Waals surface area contributed by atoms with Crippen LogP contribution in [0.25, 0.3) is 6.08 Å². The van der Waals surface area contributed by atoms with Gasteiger partial charge in [0, 0.05) is 36.2 Å². The molecule has 4 aliphatic heterocycles. The Hall–Kier alpha value is -3.89.